The minimum atomic E-state index is -3.69. The van der Waals surface area contributed by atoms with Gasteiger partial charge in [0.1, 0.15) is 10.4 Å². The van der Waals surface area contributed by atoms with Crippen LogP contribution < -0.4 is 5.32 Å². The smallest absolute Gasteiger partial charge is 0.230 e. The van der Waals surface area contributed by atoms with Crippen LogP contribution in [0.15, 0.2) is 90.1 Å². The van der Waals surface area contributed by atoms with Crippen LogP contribution in [0.4, 0.5) is 5.82 Å². The van der Waals surface area contributed by atoms with Gasteiger partial charge < -0.3 is 10.4 Å². The fourth-order valence-electron chi connectivity index (χ4n) is 3.74. The molecule has 0 unspecified atom stereocenters. The number of nitrogens with zero attached hydrogens (tertiary/aromatic N) is 4. The van der Waals surface area contributed by atoms with Crippen molar-refractivity contribution in [2.24, 2.45) is 0 Å². The summed E-state index contributed by atoms with van der Waals surface area (Å²) in [5.41, 5.74) is 4.23. The molecule has 0 aliphatic heterocycles. The van der Waals surface area contributed by atoms with Crippen molar-refractivity contribution in [3.05, 3.63) is 90.8 Å². The molecule has 2 aromatic carbocycles. The number of hydrogen-bond donors (Lipinski definition) is 2. The van der Waals surface area contributed by atoms with Gasteiger partial charge >= 0.3 is 0 Å². The SMILES string of the molecule is CS(=O)(=O)c1cc(-c2nc(NCc3ccccc3)c3c(-c4ccccc4)ccn3n2)cnc1O. The zero-order valence-electron chi connectivity index (χ0n) is 18.3. The van der Waals surface area contributed by atoms with Crippen LogP contribution in [0.5, 0.6) is 5.88 Å². The van der Waals surface area contributed by atoms with E-state index in [1.54, 1.807) is 4.52 Å². The van der Waals surface area contributed by atoms with Crippen molar-refractivity contribution in [1.82, 2.24) is 19.6 Å². The monoisotopic (exact) mass is 471 g/mol. The van der Waals surface area contributed by atoms with E-state index in [2.05, 4.69) is 15.4 Å². The molecule has 3 aromatic heterocycles. The molecule has 0 saturated carbocycles. The summed E-state index contributed by atoms with van der Waals surface area (Å²) in [6.07, 6.45) is 4.21. The first kappa shape index (κ1) is 21.6. The lowest BCUT2D eigenvalue weighted by Crippen LogP contribution is -2.08. The maximum atomic E-state index is 12.1. The van der Waals surface area contributed by atoms with E-state index < -0.39 is 15.7 Å². The second-order valence-electron chi connectivity index (χ2n) is 7.83. The number of nitrogens with one attached hydrogen (secondary N) is 1. The van der Waals surface area contributed by atoms with E-state index in [4.69, 9.17) is 4.98 Å². The molecule has 5 aromatic rings. The Morgan fingerprint density at radius 1 is 0.971 bits per heavy atom. The van der Waals surface area contributed by atoms with Gasteiger partial charge in [0.05, 0.1) is 0 Å². The van der Waals surface area contributed by atoms with Gasteiger partial charge in [-0.3, -0.25) is 0 Å². The fraction of sp³-hybridized carbons (Fsp3) is 0.0800. The molecule has 170 valence electrons. The second-order valence-corrected chi connectivity index (χ2v) is 9.81. The number of aromatic hydroxyl groups is 1. The third-order valence-corrected chi connectivity index (χ3v) is 6.49. The van der Waals surface area contributed by atoms with Gasteiger partial charge in [-0.1, -0.05) is 60.7 Å². The van der Waals surface area contributed by atoms with E-state index >= 15 is 0 Å². The summed E-state index contributed by atoms with van der Waals surface area (Å²) in [6, 6.07) is 23.2. The first-order valence-corrected chi connectivity index (χ1v) is 12.4. The quantitative estimate of drug-likeness (QED) is 0.382. The molecule has 8 nitrogen and oxygen atoms in total. The Hall–Kier alpha value is -4.24. The van der Waals surface area contributed by atoms with E-state index in [0.717, 1.165) is 28.5 Å². The predicted molar refractivity (Wildman–Crippen MR) is 130 cm³/mol. The number of sulfone groups is 1. The van der Waals surface area contributed by atoms with Crippen LogP contribution in [0.1, 0.15) is 5.56 Å². The molecule has 0 amide bonds. The first-order chi connectivity index (χ1) is 16.4. The summed E-state index contributed by atoms with van der Waals surface area (Å²) in [5.74, 6) is 0.310. The number of fused-ring (bicyclic) bond motifs is 1. The number of hydrogen-bond acceptors (Lipinski definition) is 7. The highest BCUT2D eigenvalue weighted by molar-refractivity contribution is 7.90. The van der Waals surface area contributed by atoms with Crippen LogP contribution in [0.2, 0.25) is 0 Å². The summed E-state index contributed by atoms with van der Waals surface area (Å²) in [6.45, 7) is 0.536. The van der Waals surface area contributed by atoms with Gasteiger partial charge in [-0.2, -0.15) is 0 Å². The number of anilines is 1. The number of rotatable bonds is 6. The second kappa shape index (κ2) is 8.60. The highest BCUT2D eigenvalue weighted by Gasteiger charge is 2.19. The zero-order valence-corrected chi connectivity index (χ0v) is 19.1. The zero-order chi connectivity index (χ0) is 23.7. The number of pyridine rings is 1. The molecule has 0 bridgehead atoms. The average molecular weight is 472 g/mol. The van der Waals surface area contributed by atoms with Crippen LogP contribution >= 0.6 is 0 Å². The lowest BCUT2D eigenvalue weighted by Gasteiger charge is -2.12. The standard InChI is InChI=1S/C25H21N5O3S/c1-34(32,33)21-14-19(16-27-25(21)31)23-28-24(26-15-17-8-4-2-5-9-17)22-20(12-13-30(22)29-23)18-10-6-3-7-11-18/h2-14,16H,15H2,1H3,(H,27,31)(H,26,28,29). The highest BCUT2D eigenvalue weighted by Crippen LogP contribution is 2.32. The molecule has 0 aliphatic rings. The third kappa shape index (κ3) is 4.20. The average Bonchev–Trinajstić information content (AvgIpc) is 3.27. The van der Waals surface area contributed by atoms with Crippen molar-refractivity contribution in [3.8, 4) is 28.4 Å². The van der Waals surface area contributed by atoms with Gasteiger partial charge in [0.25, 0.3) is 0 Å². The van der Waals surface area contributed by atoms with Crippen molar-refractivity contribution < 1.29 is 13.5 Å². The molecule has 2 N–H and O–H groups in total. The van der Waals surface area contributed by atoms with Crippen molar-refractivity contribution in [3.63, 3.8) is 0 Å². The van der Waals surface area contributed by atoms with E-state index in [0.29, 0.717) is 17.9 Å². The Kier molecular flexibility index (Phi) is 5.46. The minimum Gasteiger partial charge on any atom is -0.492 e. The van der Waals surface area contributed by atoms with Crippen LogP contribution in [0.25, 0.3) is 28.0 Å². The molecule has 3 heterocycles. The molecule has 0 spiro atoms. The molecule has 5 rings (SSSR count). The number of aromatic nitrogens is 4. The Labute approximate surface area is 196 Å². The Bertz CT molecular complexity index is 1580. The van der Waals surface area contributed by atoms with Gasteiger partial charge in [-0.15, -0.1) is 5.10 Å². The summed E-state index contributed by atoms with van der Waals surface area (Å²) in [5, 5.41) is 18.0. The van der Waals surface area contributed by atoms with E-state index in [9.17, 15) is 13.5 Å². The largest absolute Gasteiger partial charge is 0.492 e. The highest BCUT2D eigenvalue weighted by atomic mass is 32.2. The van der Waals surface area contributed by atoms with Crippen molar-refractivity contribution in [2.45, 2.75) is 11.4 Å². The van der Waals surface area contributed by atoms with Crippen LogP contribution in [0.3, 0.4) is 0 Å². The summed E-state index contributed by atoms with van der Waals surface area (Å²) >= 11 is 0. The first-order valence-electron chi connectivity index (χ1n) is 10.5. The van der Waals surface area contributed by atoms with Gasteiger partial charge in [0.2, 0.25) is 5.88 Å². The Morgan fingerprint density at radius 2 is 1.68 bits per heavy atom. The van der Waals surface area contributed by atoms with Gasteiger partial charge in [0, 0.05) is 36.3 Å². The molecule has 0 aliphatic carbocycles. The van der Waals surface area contributed by atoms with E-state index in [-0.39, 0.29) is 10.7 Å². The minimum absolute atomic E-state index is 0.273. The Morgan fingerprint density at radius 3 is 2.38 bits per heavy atom. The normalized spacial score (nSPS) is 11.6. The van der Waals surface area contributed by atoms with E-state index in [1.807, 2.05) is 72.9 Å². The third-order valence-electron chi connectivity index (χ3n) is 5.39. The van der Waals surface area contributed by atoms with E-state index in [1.165, 1.54) is 12.3 Å². The predicted octanol–water partition coefficient (Wildman–Crippen LogP) is 4.18. The number of benzene rings is 2. The van der Waals surface area contributed by atoms with Crippen molar-refractivity contribution >= 4 is 21.2 Å². The summed E-state index contributed by atoms with van der Waals surface area (Å²) < 4.78 is 25.9. The topological polar surface area (TPSA) is 109 Å². The lowest BCUT2D eigenvalue weighted by molar-refractivity contribution is 0.437. The van der Waals surface area contributed by atoms with Gasteiger partial charge in [-0.05, 0) is 23.3 Å². The maximum absolute atomic E-state index is 12.1. The fourth-order valence-corrected chi connectivity index (χ4v) is 4.46. The summed E-state index contributed by atoms with van der Waals surface area (Å²) in [7, 11) is -3.69. The molecular weight excluding hydrogens is 450 g/mol. The maximum Gasteiger partial charge on any atom is 0.230 e. The summed E-state index contributed by atoms with van der Waals surface area (Å²) in [4.78, 5) is 8.31. The molecule has 0 radical (unpaired) electrons. The molecule has 0 atom stereocenters. The van der Waals surface area contributed by atoms with Gasteiger partial charge in [0.15, 0.2) is 21.5 Å². The molecule has 0 fully saturated rings. The lowest BCUT2D eigenvalue weighted by atomic mass is 10.1. The molecule has 34 heavy (non-hydrogen) atoms. The molecule has 0 saturated heterocycles. The van der Waals surface area contributed by atoms with Crippen molar-refractivity contribution in [2.75, 3.05) is 11.6 Å². The molecular formula is C25H21N5O3S. The van der Waals surface area contributed by atoms with Crippen LogP contribution in [0, 0.1) is 0 Å². The van der Waals surface area contributed by atoms with Crippen LogP contribution in [-0.2, 0) is 16.4 Å². The molecule has 9 heteroatoms. The van der Waals surface area contributed by atoms with Crippen LogP contribution in [-0.4, -0.2) is 39.4 Å². The Balaban J connectivity index is 1.67. The van der Waals surface area contributed by atoms with Crippen molar-refractivity contribution in [1.29, 1.82) is 0 Å². The van der Waals surface area contributed by atoms with Gasteiger partial charge in [-0.25, -0.2) is 22.9 Å².